The smallest absolute Gasteiger partial charge is 0.182 e. The van der Waals surface area contributed by atoms with Gasteiger partial charge in [-0.05, 0) is 38.7 Å². The molecule has 8 nitrogen and oxygen atoms in total. The number of fused-ring (bicyclic) bond motifs is 1. The number of nitrogens with zero attached hydrogens (tertiary/aromatic N) is 6. The molecule has 0 spiro atoms. The molecule has 3 aromatic rings. The molecular weight excluding hydrogens is 340 g/mol. The molecule has 3 aromatic heterocycles. The molecular formula is C19H28N8. The molecule has 144 valence electrons. The van der Waals surface area contributed by atoms with E-state index in [9.17, 15) is 0 Å². The molecule has 27 heavy (non-hydrogen) atoms. The van der Waals surface area contributed by atoms with Crippen LogP contribution in [0.4, 0.5) is 5.82 Å². The Labute approximate surface area is 159 Å². The van der Waals surface area contributed by atoms with Gasteiger partial charge in [0, 0.05) is 31.4 Å². The molecule has 0 amide bonds. The first-order valence-electron chi connectivity index (χ1n) is 9.82. The van der Waals surface area contributed by atoms with Crippen molar-refractivity contribution < 1.29 is 0 Å². The lowest BCUT2D eigenvalue weighted by Crippen LogP contribution is -2.43. The van der Waals surface area contributed by atoms with Crippen molar-refractivity contribution in [3.63, 3.8) is 0 Å². The Morgan fingerprint density at radius 2 is 2.00 bits per heavy atom. The van der Waals surface area contributed by atoms with Crippen LogP contribution in [0.1, 0.15) is 36.7 Å². The number of hydrogen-bond acceptors (Lipinski definition) is 6. The minimum absolute atomic E-state index is 0.544. The van der Waals surface area contributed by atoms with Gasteiger partial charge in [0.15, 0.2) is 11.5 Å². The Morgan fingerprint density at radius 3 is 2.74 bits per heavy atom. The van der Waals surface area contributed by atoms with Crippen molar-refractivity contribution in [2.45, 2.75) is 52.6 Å². The van der Waals surface area contributed by atoms with Gasteiger partial charge in [-0.1, -0.05) is 6.92 Å². The molecule has 1 saturated heterocycles. The molecule has 0 bridgehead atoms. The second-order valence-corrected chi connectivity index (χ2v) is 7.24. The Bertz CT molecular complexity index is 904. The third-order valence-electron chi connectivity index (χ3n) is 5.64. The van der Waals surface area contributed by atoms with Crippen LogP contribution in [0.25, 0.3) is 11.2 Å². The number of hydrogen-bond donors (Lipinski definition) is 2. The predicted molar refractivity (Wildman–Crippen MR) is 106 cm³/mol. The largest absolute Gasteiger partial charge is 0.355 e. The van der Waals surface area contributed by atoms with Gasteiger partial charge in [0.1, 0.15) is 11.8 Å². The van der Waals surface area contributed by atoms with Gasteiger partial charge in [0.05, 0.1) is 18.6 Å². The third kappa shape index (κ3) is 3.53. The fraction of sp³-hybridized carbons (Fsp3) is 0.579. The van der Waals surface area contributed by atoms with Gasteiger partial charge in [-0.3, -0.25) is 4.68 Å². The predicted octanol–water partition coefficient (Wildman–Crippen LogP) is 1.99. The molecule has 0 saturated carbocycles. The molecule has 2 N–H and O–H groups in total. The van der Waals surface area contributed by atoms with Gasteiger partial charge in [0.2, 0.25) is 0 Å². The number of imidazole rings is 1. The standard InChI is InChI=1S/C19H28N8/c1-4-16-13(2)25-27(14(16)3)10-7-20-15-5-8-26(9-6-15)19-17-18(22-11-21-17)23-12-24-19/h11-12,15,20H,4-10H2,1-3H3,(H,21,22,23,24). The first-order chi connectivity index (χ1) is 13.2. The Kier molecular flexibility index (Phi) is 5.07. The maximum absolute atomic E-state index is 4.68. The average Bonchev–Trinajstić information content (AvgIpc) is 3.26. The molecule has 0 atom stereocenters. The fourth-order valence-electron chi connectivity index (χ4n) is 4.13. The zero-order chi connectivity index (χ0) is 18.8. The van der Waals surface area contributed by atoms with E-state index in [0.717, 1.165) is 62.4 Å². The number of anilines is 1. The number of piperidine rings is 1. The van der Waals surface area contributed by atoms with Crippen molar-refractivity contribution in [3.8, 4) is 0 Å². The van der Waals surface area contributed by atoms with Crippen LogP contribution in [-0.2, 0) is 13.0 Å². The summed E-state index contributed by atoms with van der Waals surface area (Å²) in [6, 6.07) is 0.544. The lowest BCUT2D eigenvalue weighted by Gasteiger charge is -2.33. The van der Waals surface area contributed by atoms with Gasteiger partial charge in [-0.15, -0.1) is 0 Å². The number of aromatic nitrogens is 6. The highest BCUT2D eigenvalue weighted by atomic mass is 15.3. The molecule has 1 aliphatic heterocycles. The lowest BCUT2D eigenvalue weighted by atomic mass is 10.1. The summed E-state index contributed by atoms with van der Waals surface area (Å²) in [4.78, 5) is 18.4. The highest BCUT2D eigenvalue weighted by Gasteiger charge is 2.22. The van der Waals surface area contributed by atoms with E-state index in [4.69, 9.17) is 0 Å². The molecule has 0 aromatic carbocycles. The van der Waals surface area contributed by atoms with Crippen LogP contribution in [0.2, 0.25) is 0 Å². The summed E-state index contributed by atoms with van der Waals surface area (Å²) in [7, 11) is 0. The second kappa shape index (κ2) is 7.64. The van der Waals surface area contributed by atoms with Crippen molar-refractivity contribution in [3.05, 3.63) is 29.6 Å². The first-order valence-corrected chi connectivity index (χ1v) is 9.82. The van der Waals surface area contributed by atoms with Crippen molar-refractivity contribution in [1.82, 2.24) is 35.0 Å². The first kappa shape index (κ1) is 17.9. The number of rotatable bonds is 6. The number of H-pyrrole nitrogens is 1. The van der Waals surface area contributed by atoms with E-state index >= 15 is 0 Å². The van der Waals surface area contributed by atoms with Gasteiger partial charge >= 0.3 is 0 Å². The zero-order valence-corrected chi connectivity index (χ0v) is 16.4. The highest BCUT2D eigenvalue weighted by molar-refractivity contribution is 5.82. The Hall–Kier alpha value is -2.48. The summed E-state index contributed by atoms with van der Waals surface area (Å²) in [6.07, 6.45) is 6.55. The normalized spacial score (nSPS) is 15.7. The molecule has 4 heterocycles. The van der Waals surface area contributed by atoms with Crippen molar-refractivity contribution in [2.75, 3.05) is 24.5 Å². The van der Waals surface area contributed by atoms with E-state index in [0.29, 0.717) is 6.04 Å². The number of aromatic amines is 1. The van der Waals surface area contributed by atoms with Crippen LogP contribution in [0.15, 0.2) is 12.7 Å². The molecule has 1 fully saturated rings. The number of nitrogens with one attached hydrogen (secondary N) is 2. The van der Waals surface area contributed by atoms with Crippen molar-refractivity contribution in [1.29, 1.82) is 0 Å². The van der Waals surface area contributed by atoms with Gasteiger partial charge in [0.25, 0.3) is 0 Å². The van der Waals surface area contributed by atoms with E-state index in [1.807, 2.05) is 0 Å². The molecule has 8 heteroatoms. The Morgan fingerprint density at radius 1 is 1.19 bits per heavy atom. The van der Waals surface area contributed by atoms with Crippen LogP contribution in [-0.4, -0.2) is 55.4 Å². The van der Waals surface area contributed by atoms with Crippen LogP contribution < -0.4 is 10.2 Å². The van der Waals surface area contributed by atoms with Crippen LogP contribution in [0.5, 0.6) is 0 Å². The van der Waals surface area contributed by atoms with E-state index in [2.05, 4.69) is 60.7 Å². The second-order valence-electron chi connectivity index (χ2n) is 7.24. The summed E-state index contributed by atoms with van der Waals surface area (Å²) < 4.78 is 2.14. The van der Waals surface area contributed by atoms with Crippen LogP contribution in [0.3, 0.4) is 0 Å². The van der Waals surface area contributed by atoms with E-state index in [-0.39, 0.29) is 0 Å². The lowest BCUT2D eigenvalue weighted by molar-refractivity contribution is 0.399. The Balaban J connectivity index is 1.29. The molecule has 0 unspecified atom stereocenters. The van der Waals surface area contributed by atoms with Crippen LogP contribution in [0, 0.1) is 13.8 Å². The molecule has 0 radical (unpaired) electrons. The number of aryl methyl sites for hydroxylation is 1. The fourth-order valence-corrected chi connectivity index (χ4v) is 4.13. The summed E-state index contributed by atoms with van der Waals surface area (Å²) >= 11 is 0. The maximum Gasteiger partial charge on any atom is 0.182 e. The highest BCUT2D eigenvalue weighted by Crippen LogP contribution is 2.23. The van der Waals surface area contributed by atoms with Gasteiger partial charge < -0.3 is 15.2 Å². The minimum atomic E-state index is 0.544. The van der Waals surface area contributed by atoms with Gasteiger partial charge in [-0.2, -0.15) is 5.10 Å². The monoisotopic (exact) mass is 368 g/mol. The van der Waals surface area contributed by atoms with E-state index in [1.54, 1.807) is 12.7 Å². The van der Waals surface area contributed by atoms with Crippen molar-refractivity contribution in [2.24, 2.45) is 0 Å². The topological polar surface area (TPSA) is 87.6 Å². The third-order valence-corrected chi connectivity index (χ3v) is 5.64. The maximum atomic E-state index is 4.68. The summed E-state index contributed by atoms with van der Waals surface area (Å²) in [5, 5.41) is 8.39. The zero-order valence-electron chi connectivity index (χ0n) is 16.4. The summed E-state index contributed by atoms with van der Waals surface area (Å²) in [5.41, 5.74) is 5.52. The SMILES string of the molecule is CCc1c(C)nn(CCNC2CCN(c3ncnc4nc[nH]c34)CC2)c1C. The molecule has 1 aliphatic rings. The summed E-state index contributed by atoms with van der Waals surface area (Å²) in [5.74, 6) is 0.964. The van der Waals surface area contributed by atoms with E-state index < -0.39 is 0 Å². The van der Waals surface area contributed by atoms with Crippen LogP contribution >= 0.6 is 0 Å². The quantitative estimate of drug-likeness (QED) is 0.692. The minimum Gasteiger partial charge on any atom is -0.355 e. The van der Waals surface area contributed by atoms with Crippen molar-refractivity contribution >= 4 is 17.0 Å². The van der Waals surface area contributed by atoms with E-state index in [1.165, 1.54) is 17.0 Å². The molecule has 4 rings (SSSR count). The summed E-state index contributed by atoms with van der Waals surface area (Å²) in [6.45, 7) is 10.3. The average molecular weight is 368 g/mol. The molecule has 0 aliphatic carbocycles. The van der Waals surface area contributed by atoms with Gasteiger partial charge in [-0.25, -0.2) is 15.0 Å².